The molecule has 26 heavy (non-hydrogen) atoms. The van der Waals surface area contributed by atoms with Gasteiger partial charge in [-0.2, -0.15) is 0 Å². The number of nitro groups is 1. The maximum atomic E-state index is 13.0. The molecular weight excluding hydrogens is 343 g/mol. The summed E-state index contributed by atoms with van der Waals surface area (Å²) in [5.74, 6) is -0.290. The summed E-state index contributed by atoms with van der Waals surface area (Å²) < 4.78 is 23.5. The van der Waals surface area contributed by atoms with Crippen molar-refractivity contribution in [2.45, 2.75) is 13.0 Å². The van der Waals surface area contributed by atoms with Crippen LogP contribution in [-0.4, -0.2) is 36.5 Å². The van der Waals surface area contributed by atoms with Crippen molar-refractivity contribution < 1.29 is 23.6 Å². The molecule has 1 atom stereocenters. The van der Waals surface area contributed by atoms with E-state index in [0.29, 0.717) is 0 Å². The van der Waals surface area contributed by atoms with Crippen LogP contribution in [0.5, 0.6) is 11.5 Å². The molecule has 2 aromatic carbocycles. The molecule has 2 rings (SSSR count). The van der Waals surface area contributed by atoms with Gasteiger partial charge in [0, 0.05) is 13.1 Å². The summed E-state index contributed by atoms with van der Waals surface area (Å²) in [6.07, 6.45) is 0. The molecule has 8 heteroatoms. The molecule has 0 N–H and O–H groups in total. The molecule has 0 saturated carbocycles. The first-order valence-corrected chi connectivity index (χ1v) is 7.80. The number of rotatable bonds is 7. The minimum absolute atomic E-state index is 0.109. The fourth-order valence-corrected chi connectivity index (χ4v) is 2.31. The first-order chi connectivity index (χ1) is 12.3. The van der Waals surface area contributed by atoms with E-state index in [1.165, 1.54) is 42.3 Å². The molecule has 0 bridgehead atoms. The number of nitro benzene ring substituents is 1. The second-order valence-corrected chi connectivity index (χ2v) is 5.61. The van der Waals surface area contributed by atoms with Crippen molar-refractivity contribution in [1.29, 1.82) is 0 Å². The fraction of sp³-hybridized carbons (Fsp3) is 0.278. The number of benzene rings is 2. The smallest absolute Gasteiger partial charge is 0.273 e. The molecule has 0 aliphatic carbocycles. The van der Waals surface area contributed by atoms with Gasteiger partial charge in [-0.3, -0.25) is 14.9 Å². The Hall–Kier alpha value is -3.16. The Bertz CT molecular complexity index is 795. The Morgan fingerprint density at radius 3 is 2.46 bits per heavy atom. The third-order valence-electron chi connectivity index (χ3n) is 4.04. The number of methoxy groups -OCH3 is 1. The van der Waals surface area contributed by atoms with Gasteiger partial charge in [0.25, 0.3) is 11.6 Å². The van der Waals surface area contributed by atoms with Crippen LogP contribution in [0.15, 0.2) is 42.5 Å². The van der Waals surface area contributed by atoms with Gasteiger partial charge >= 0.3 is 0 Å². The highest BCUT2D eigenvalue weighted by molar-refractivity contribution is 5.78. The molecule has 2 aromatic rings. The van der Waals surface area contributed by atoms with Crippen molar-refractivity contribution >= 4 is 11.6 Å². The normalized spacial score (nSPS) is 11.5. The van der Waals surface area contributed by atoms with Gasteiger partial charge in [-0.05, 0) is 30.7 Å². The maximum absolute atomic E-state index is 13.0. The van der Waals surface area contributed by atoms with Crippen LogP contribution >= 0.6 is 0 Å². The summed E-state index contributed by atoms with van der Waals surface area (Å²) in [5, 5.41) is 10.9. The third-order valence-corrected chi connectivity index (χ3v) is 4.04. The fourth-order valence-electron chi connectivity index (χ4n) is 2.31. The largest absolute Gasteiger partial charge is 0.493 e. The van der Waals surface area contributed by atoms with Crippen LogP contribution in [0.25, 0.3) is 0 Å². The van der Waals surface area contributed by atoms with Crippen LogP contribution in [0.3, 0.4) is 0 Å². The summed E-state index contributed by atoms with van der Waals surface area (Å²) in [7, 11) is 3.00. The van der Waals surface area contributed by atoms with Crippen LogP contribution in [0, 0.1) is 15.9 Å². The lowest BCUT2D eigenvalue weighted by Crippen LogP contribution is -2.33. The van der Waals surface area contributed by atoms with Gasteiger partial charge in [0.05, 0.1) is 24.1 Å². The monoisotopic (exact) mass is 362 g/mol. The Balaban J connectivity index is 2.06. The minimum Gasteiger partial charge on any atom is -0.493 e. The number of carbonyl (C=O) groups is 1. The molecule has 1 unspecified atom stereocenters. The molecule has 0 aromatic heterocycles. The molecule has 0 saturated heterocycles. The Kier molecular flexibility index (Phi) is 6.11. The lowest BCUT2D eigenvalue weighted by molar-refractivity contribution is -0.385. The molecular formula is C18H19FN2O5. The van der Waals surface area contributed by atoms with Gasteiger partial charge in [-0.15, -0.1) is 0 Å². The van der Waals surface area contributed by atoms with Crippen LogP contribution in [0.4, 0.5) is 10.1 Å². The van der Waals surface area contributed by atoms with E-state index in [2.05, 4.69) is 0 Å². The summed E-state index contributed by atoms with van der Waals surface area (Å²) in [6.45, 7) is 1.48. The van der Waals surface area contributed by atoms with Crippen LogP contribution < -0.4 is 9.47 Å². The molecule has 0 heterocycles. The summed E-state index contributed by atoms with van der Waals surface area (Å²) in [6, 6.07) is 9.47. The summed E-state index contributed by atoms with van der Waals surface area (Å²) >= 11 is 0. The molecule has 7 nitrogen and oxygen atoms in total. The van der Waals surface area contributed by atoms with Gasteiger partial charge in [-0.1, -0.05) is 12.1 Å². The average molecular weight is 362 g/mol. The SMILES string of the molecule is COc1ccc([N+](=O)[O-])cc1OCC(=O)N(C)C(C)c1ccc(F)cc1. The number of likely N-dealkylation sites (N-methyl/N-ethyl adjacent to an activating group) is 1. The predicted molar refractivity (Wildman–Crippen MR) is 92.7 cm³/mol. The lowest BCUT2D eigenvalue weighted by Gasteiger charge is -2.25. The zero-order valence-corrected chi connectivity index (χ0v) is 14.6. The highest BCUT2D eigenvalue weighted by Crippen LogP contribution is 2.31. The van der Waals surface area contributed by atoms with Crippen molar-refractivity contribution in [2.24, 2.45) is 0 Å². The molecule has 0 fully saturated rings. The van der Waals surface area contributed by atoms with Crippen LogP contribution in [-0.2, 0) is 4.79 Å². The standard InChI is InChI=1S/C18H19FN2O5/c1-12(13-4-6-14(19)7-5-13)20(2)18(22)11-26-17-10-15(21(23)24)8-9-16(17)25-3/h4-10,12H,11H2,1-3H3. The number of non-ortho nitro benzene ring substituents is 1. The zero-order chi connectivity index (χ0) is 19.3. The Morgan fingerprint density at radius 2 is 1.88 bits per heavy atom. The second kappa shape index (κ2) is 8.28. The zero-order valence-electron chi connectivity index (χ0n) is 14.6. The number of amides is 1. The van der Waals surface area contributed by atoms with Gasteiger partial charge in [0.1, 0.15) is 5.82 Å². The summed E-state index contributed by atoms with van der Waals surface area (Å²) in [5.41, 5.74) is 0.608. The molecule has 0 aliphatic rings. The Labute approximate surface area is 150 Å². The maximum Gasteiger partial charge on any atom is 0.273 e. The number of nitrogens with zero attached hydrogens (tertiary/aromatic N) is 2. The van der Waals surface area contributed by atoms with Gasteiger partial charge in [-0.25, -0.2) is 4.39 Å². The van der Waals surface area contributed by atoms with Crippen molar-refractivity contribution in [3.8, 4) is 11.5 Å². The highest BCUT2D eigenvalue weighted by Gasteiger charge is 2.19. The number of carbonyl (C=O) groups excluding carboxylic acids is 1. The van der Waals surface area contributed by atoms with E-state index in [0.717, 1.165) is 5.56 Å². The van der Waals surface area contributed by atoms with E-state index in [1.54, 1.807) is 26.1 Å². The van der Waals surface area contributed by atoms with E-state index < -0.39 is 4.92 Å². The van der Waals surface area contributed by atoms with Crippen molar-refractivity contribution in [1.82, 2.24) is 4.90 Å². The first kappa shape index (κ1) is 19.2. The number of halogens is 1. The predicted octanol–water partition coefficient (Wildman–Crippen LogP) is 3.34. The van der Waals surface area contributed by atoms with Crippen molar-refractivity contribution in [3.05, 3.63) is 64.0 Å². The third kappa shape index (κ3) is 4.47. The highest BCUT2D eigenvalue weighted by atomic mass is 19.1. The van der Waals surface area contributed by atoms with E-state index >= 15 is 0 Å². The average Bonchev–Trinajstić information content (AvgIpc) is 2.65. The van der Waals surface area contributed by atoms with Gasteiger partial charge < -0.3 is 14.4 Å². The molecule has 138 valence electrons. The summed E-state index contributed by atoms with van der Waals surface area (Å²) in [4.78, 5) is 24.1. The van der Waals surface area contributed by atoms with E-state index in [4.69, 9.17) is 9.47 Å². The Morgan fingerprint density at radius 1 is 1.23 bits per heavy atom. The molecule has 0 spiro atoms. The van der Waals surface area contributed by atoms with Crippen LogP contribution in [0.1, 0.15) is 18.5 Å². The van der Waals surface area contributed by atoms with E-state index in [1.807, 2.05) is 0 Å². The number of hydrogen-bond acceptors (Lipinski definition) is 5. The number of hydrogen-bond donors (Lipinski definition) is 0. The van der Waals surface area contributed by atoms with Gasteiger partial charge in [0.2, 0.25) is 0 Å². The number of ether oxygens (including phenoxy) is 2. The topological polar surface area (TPSA) is 81.9 Å². The minimum atomic E-state index is -0.559. The van der Waals surface area contributed by atoms with Crippen molar-refractivity contribution in [2.75, 3.05) is 20.8 Å². The van der Waals surface area contributed by atoms with E-state index in [9.17, 15) is 19.3 Å². The second-order valence-electron chi connectivity index (χ2n) is 5.61. The van der Waals surface area contributed by atoms with Gasteiger partial charge in [0.15, 0.2) is 18.1 Å². The lowest BCUT2D eigenvalue weighted by atomic mass is 10.1. The molecule has 0 aliphatic heterocycles. The van der Waals surface area contributed by atoms with Crippen molar-refractivity contribution in [3.63, 3.8) is 0 Å². The van der Waals surface area contributed by atoms with Crippen LogP contribution in [0.2, 0.25) is 0 Å². The quantitative estimate of drug-likeness (QED) is 0.557. The molecule has 1 amide bonds. The first-order valence-electron chi connectivity index (χ1n) is 7.80. The van der Waals surface area contributed by atoms with E-state index in [-0.39, 0.29) is 41.6 Å². The molecule has 0 radical (unpaired) electrons.